The topological polar surface area (TPSA) is 21.3 Å². The average molecular weight is 312 g/mol. The van der Waals surface area contributed by atoms with Crippen molar-refractivity contribution >= 4 is 15.9 Å². The molecular formula is C15H22BrNO. The highest BCUT2D eigenvalue weighted by atomic mass is 79.9. The fraction of sp³-hybridized carbons (Fsp3) is 0.600. The lowest BCUT2D eigenvalue weighted by molar-refractivity contribution is 0.410. The normalized spacial score (nSPS) is 16.9. The molecule has 1 fully saturated rings. The third kappa shape index (κ3) is 3.48. The van der Waals surface area contributed by atoms with Crippen molar-refractivity contribution in [3.8, 4) is 5.75 Å². The first kappa shape index (κ1) is 13.9. The molecule has 0 heterocycles. The van der Waals surface area contributed by atoms with Gasteiger partial charge in [-0.1, -0.05) is 19.9 Å². The van der Waals surface area contributed by atoms with Crippen LogP contribution < -0.4 is 10.1 Å². The number of methoxy groups -OCH3 is 1. The molecule has 0 aliphatic heterocycles. The molecule has 18 heavy (non-hydrogen) atoms. The molecule has 0 atom stereocenters. The minimum absolute atomic E-state index is 0.498. The third-order valence-corrected chi connectivity index (χ3v) is 4.26. The van der Waals surface area contributed by atoms with Crippen molar-refractivity contribution in [1.82, 2.24) is 5.32 Å². The van der Waals surface area contributed by atoms with Crippen LogP contribution in [0.5, 0.6) is 5.75 Å². The lowest BCUT2D eigenvalue weighted by atomic mass is 9.96. The number of benzene rings is 1. The van der Waals surface area contributed by atoms with E-state index in [-0.39, 0.29) is 0 Å². The number of hydrogen-bond donors (Lipinski definition) is 1. The quantitative estimate of drug-likeness (QED) is 0.863. The molecule has 0 aromatic heterocycles. The largest absolute Gasteiger partial charge is 0.496 e. The number of halogens is 1. The highest BCUT2D eigenvalue weighted by molar-refractivity contribution is 9.10. The van der Waals surface area contributed by atoms with E-state index in [0.29, 0.717) is 11.5 Å². The van der Waals surface area contributed by atoms with Crippen molar-refractivity contribution < 1.29 is 4.74 Å². The Hall–Kier alpha value is -0.540. The first-order valence-corrected chi connectivity index (χ1v) is 7.40. The summed E-state index contributed by atoms with van der Waals surface area (Å²) in [6.45, 7) is 5.55. The molecule has 3 heteroatoms. The molecule has 0 amide bonds. The molecule has 1 N–H and O–H groups in total. The van der Waals surface area contributed by atoms with E-state index in [1.54, 1.807) is 7.11 Å². The van der Waals surface area contributed by atoms with Crippen molar-refractivity contribution in [3.63, 3.8) is 0 Å². The summed E-state index contributed by atoms with van der Waals surface area (Å²) in [6.07, 6.45) is 3.85. The van der Waals surface area contributed by atoms with Crippen LogP contribution >= 0.6 is 15.9 Å². The number of ether oxygens (including phenoxy) is 1. The molecule has 0 spiro atoms. The summed E-state index contributed by atoms with van der Waals surface area (Å²) in [4.78, 5) is 0. The fourth-order valence-electron chi connectivity index (χ4n) is 2.27. The van der Waals surface area contributed by atoms with Crippen LogP contribution in [0.25, 0.3) is 0 Å². The summed E-state index contributed by atoms with van der Waals surface area (Å²) < 4.78 is 6.32. The van der Waals surface area contributed by atoms with Gasteiger partial charge in [-0.05, 0) is 58.3 Å². The van der Waals surface area contributed by atoms with Gasteiger partial charge < -0.3 is 10.1 Å². The summed E-state index contributed by atoms with van der Waals surface area (Å²) in [7, 11) is 1.70. The maximum atomic E-state index is 5.27. The van der Waals surface area contributed by atoms with E-state index < -0.39 is 0 Å². The summed E-state index contributed by atoms with van der Waals surface area (Å²) in [5.41, 5.74) is 1.89. The highest BCUT2D eigenvalue weighted by Gasteiger charge is 2.42. The second kappa shape index (κ2) is 5.62. The summed E-state index contributed by atoms with van der Waals surface area (Å²) in [6, 6.07) is 6.99. The first-order valence-electron chi connectivity index (χ1n) is 6.60. The molecule has 2 rings (SSSR count). The maximum absolute atomic E-state index is 5.27. The van der Waals surface area contributed by atoms with Gasteiger partial charge in [0.05, 0.1) is 11.6 Å². The van der Waals surface area contributed by atoms with Gasteiger partial charge in [0.25, 0.3) is 0 Å². The smallest absolute Gasteiger partial charge is 0.133 e. The van der Waals surface area contributed by atoms with Crippen molar-refractivity contribution in [3.05, 3.63) is 28.2 Å². The Morgan fingerprint density at radius 3 is 2.61 bits per heavy atom. The zero-order chi connectivity index (χ0) is 13.2. The third-order valence-electron chi connectivity index (χ3n) is 3.64. The fourth-order valence-corrected chi connectivity index (χ4v) is 2.85. The van der Waals surface area contributed by atoms with E-state index >= 15 is 0 Å². The second-order valence-electron chi connectivity index (χ2n) is 5.68. The molecule has 1 aliphatic rings. The van der Waals surface area contributed by atoms with Gasteiger partial charge in [0.2, 0.25) is 0 Å². The Kier molecular flexibility index (Phi) is 4.33. The molecule has 100 valence electrons. The Labute approximate surface area is 118 Å². The van der Waals surface area contributed by atoms with Crippen LogP contribution in [-0.2, 0) is 6.42 Å². The zero-order valence-corrected chi connectivity index (χ0v) is 13.0. The molecule has 1 aromatic rings. The van der Waals surface area contributed by atoms with Gasteiger partial charge in [0.1, 0.15) is 5.75 Å². The van der Waals surface area contributed by atoms with Crippen LogP contribution in [0.2, 0.25) is 0 Å². The molecule has 1 aliphatic carbocycles. The summed E-state index contributed by atoms with van der Waals surface area (Å²) in [5, 5.41) is 3.57. The molecule has 1 aromatic carbocycles. The van der Waals surface area contributed by atoms with Crippen molar-refractivity contribution in [2.24, 2.45) is 5.41 Å². The number of rotatable bonds is 6. The predicted octanol–water partition coefficient (Wildman–Crippen LogP) is 3.78. The van der Waals surface area contributed by atoms with Crippen LogP contribution in [0, 0.1) is 5.41 Å². The maximum Gasteiger partial charge on any atom is 0.133 e. The summed E-state index contributed by atoms with van der Waals surface area (Å²) >= 11 is 3.56. The number of nitrogens with one attached hydrogen (secondary N) is 1. The van der Waals surface area contributed by atoms with Crippen LogP contribution in [0.15, 0.2) is 22.7 Å². The van der Waals surface area contributed by atoms with Crippen molar-refractivity contribution in [1.29, 1.82) is 0 Å². The van der Waals surface area contributed by atoms with Crippen LogP contribution in [-0.4, -0.2) is 19.7 Å². The molecular weight excluding hydrogens is 290 g/mol. The summed E-state index contributed by atoms with van der Waals surface area (Å²) in [5.74, 6) is 0.906. The van der Waals surface area contributed by atoms with E-state index in [2.05, 4.69) is 47.2 Å². The van der Waals surface area contributed by atoms with E-state index in [9.17, 15) is 0 Å². The predicted molar refractivity (Wildman–Crippen MR) is 79.2 cm³/mol. The van der Waals surface area contributed by atoms with Gasteiger partial charge in [0.15, 0.2) is 0 Å². The van der Waals surface area contributed by atoms with Crippen LogP contribution in [0.1, 0.15) is 32.3 Å². The zero-order valence-electron chi connectivity index (χ0n) is 11.4. The minimum Gasteiger partial charge on any atom is -0.496 e. The van der Waals surface area contributed by atoms with Crippen LogP contribution in [0.3, 0.4) is 0 Å². The van der Waals surface area contributed by atoms with Gasteiger partial charge in [-0.2, -0.15) is 0 Å². The van der Waals surface area contributed by atoms with Crippen molar-refractivity contribution in [2.45, 2.75) is 39.2 Å². The Morgan fingerprint density at radius 1 is 1.39 bits per heavy atom. The van der Waals surface area contributed by atoms with Gasteiger partial charge in [-0.25, -0.2) is 0 Å². The van der Waals surface area contributed by atoms with E-state index in [1.807, 2.05) is 6.07 Å². The Morgan fingerprint density at radius 2 is 2.11 bits per heavy atom. The second-order valence-corrected chi connectivity index (χ2v) is 6.54. The minimum atomic E-state index is 0.498. The monoisotopic (exact) mass is 311 g/mol. The van der Waals surface area contributed by atoms with Crippen molar-refractivity contribution in [2.75, 3.05) is 13.7 Å². The van der Waals surface area contributed by atoms with Gasteiger partial charge in [0, 0.05) is 12.6 Å². The van der Waals surface area contributed by atoms with Gasteiger partial charge in [-0.3, -0.25) is 0 Å². The standard InChI is InChI=1S/C15H22BrNO/c1-11(2)17-10-15(6-7-15)9-12-4-5-14(18-3)13(16)8-12/h4-5,8,11,17H,6-7,9-10H2,1-3H3. The SMILES string of the molecule is COc1ccc(CC2(CNC(C)C)CC2)cc1Br. The van der Waals surface area contributed by atoms with E-state index in [4.69, 9.17) is 4.74 Å². The van der Waals surface area contributed by atoms with Gasteiger partial charge in [-0.15, -0.1) is 0 Å². The molecule has 0 radical (unpaired) electrons. The molecule has 0 saturated heterocycles. The molecule has 1 saturated carbocycles. The molecule has 0 bridgehead atoms. The lowest BCUT2D eigenvalue weighted by Gasteiger charge is -2.18. The highest BCUT2D eigenvalue weighted by Crippen LogP contribution is 2.48. The molecule has 2 nitrogen and oxygen atoms in total. The molecule has 0 unspecified atom stereocenters. The van der Waals surface area contributed by atoms with E-state index in [0.717, 1.165) is 23.2 Å². The van der Waals surface area contributed by atoms with Gasteiger partial charge >= 0.3 is 0 Å². The Balaban J connectivity index is 1.99. The lowest BCUT2D eigenvalue weighted by Crippen LogP contribution is -2.30. The van der Waals surface area contributed by atoms with Crippen LogP contribution in [0.4, 0.5) is 0 Å². The number of hydrogen-bond acceptors (Lipinski definition) is 2. The Bertz CT molecular complexity index is 413. The van der Waals surface area contributed by atoms with E-state index in [1.165, 1.54) is 18.4 Å². The average Bonchev–Trinajstić information content (AvgIpc) is 3.07. The first-order chi connectivity index (χ1) is 8.54.